The highest BCUT2D eigenvalue weighted by atomic mass is 32.2. The molecule has 1 atom stereocenters. The molecule has 2 aromatic carbocycles. The van der Waals surface area contributed by atoms with Crippen LogP contribution in [0.3, 0.4) is 0 Å². The van der Waals surface area contributed by atoms with Crippen LogP contribution in [-0.2, 0) is 11.2 Å². The normalized spacial score (nSPS) is 17.5. The van der Waals surface area contributed by atoms with Crippen molar-refractivity contribution >= 4 is 17.8 Å². The third kappa shape index (κ3) is 3.53. The smallest absolute Gasteiger partial charge is 0.0651 e. The van der Waals surface area contributed by atoms with Crippen molar-refractivity contribution in [2.75, 3.05) is 13.2 Å². The molecule has 1 aliphatic rings. The molecule has 1 nitrogen and oxygen atoms in total. The van der Waals surface area contributed by atoms with Gasteiger partial charge in [0.15, 0.2) is 0 Å². The molecule has 1 aliphatic heterocycles. The second-order valence-electron chi connectivity index (χ2n) is 4.90. The van der Waals surface area contributed by atoms with Gasteiger partial charge in [0.1, 0.15) is 0 Å². The lowest BCUT2D eigenvalue weighted by Gasteiger charge is -2.07. The molecule has 0 saturated heterocycles. The molecule has 0 spiro atoms. The van der Waals surface area contributed by atoms with E-state index in [4.69, 9.17) is 4.74 Å². The Hall–Kier alpha value is -1.51. The maximum atomic E-state index is 5.76. The van der Waals surface area contributed by atoms with E-state index in [1.165, 1.54) is 16.0 Å². The van der Waals surface area contributed by atoms with Crippen molar-refractivity contribution < 1.29 is 4.74 Å². The van der Waals surface area contributed by atoms with Crippen LogP contribution in [0.25, 0.3) is 6.08 Å². The molecule has 0 fully saturated rings. The van der Waals surface area contributed by atoms with Crippen molar-refractivity contribution in [2.45, 2.75) is 16.6 Å². The van der Waals surface area contributed by atoms with Crippen molar-refractivity contribution in [1.29, 1.82) is 0 Å². The summed E-state index contributed by atoms with van der Waals surface area (Å²) in [5, 5.41) is 0.567. The average Bonchev–Trinajstić information content (AvgIpc) is 2.90. The van der Waals surface area contributed by atoms with Crippen molar-refractivity contribution in [3.63, 3.8) is 0 Å². The molecule has 2 aromatic rings. The van der Waals surface area contributed by atoms with E-state index in [2.05, 4.69) is 48.6 Å². The van der Waals surface area contributed by atoms with Crippen LogP contribution in [0.15, 0.2) is 65.6 Å². The number of rotatable bonds is 5. The Morgan fingerprint density at radius 2 is 1.85 bits per heavy atom. The Morgan fingerprint density at radius 1 is 1.05 bits per heavy atom. The maximum Gasteiger partial charge on any atom is 0.0651 e. The summed E-state index contributed by atoms with van der Waals surface area (Å²) in [6.45, 7) is 1.50. The number of fused-ring (bicyclic) bond motifs is 1. The predicted octanol–water partition coefficient (Wildman–Crippen LogP) is 4.43. The van der Waals surface area contributed by atoms with Crippen LogP contribution in [0.2, 0.25) is 0 Å². The number of thioether (sulfide) groups is 1. The van der Waals surface area contributed by atoms with Crippen molar-refractivity contribution in [3.8, 4) is 0 Å². The van der Waals surface area contributed by atoms with Crippen molar-refractivity contribution in [3.05, 3.63) is 71.8 Å². The standard InChI is InChI=1S/C18H18OS/c1-2-7-15(8-3-1)9-6-12-19-14-17-13-16-10-4-5-11-18(16)20-17/h1-11,17H,12-14H2. The monoisotopic (exact) mass is 282 g/mol. The fourth-order valence-electron chi connectivity index (χ4n) is 2.36. The molecule has 20 heavy (non-hydrogen) atoms. The second kappa shape index (κ2) is 6.78. The summed E-state index contributed by atoms with van der Waals surface area (Å²) in [4.78, 5) is 1.42. The Bertz CT molecular complexity index is 552. The van der Waals surface area contributed by atoms with Gasteiger partial charge in [-0.2, -0.15) is 0 Å². The molecule has 1 heterocycles. The van der Waals surface area contributed by atoms with E-state index in [1.54, 1.807) is 0 Å². The molecule has 0 N–H and O–H groups in total. The molecule has 0 aromatic heterocycles. The third-order valence-electron chi connectivity index (χ3n) is 3.34. The fourth-order valence-corrected chi connectivity index (χ4v) is 3.61. The first kappa shape index (κ1) is 13.5. The first-order valence-corrected chi connectivity index (χ1v) is 7.84. The van der Waals surface area contributed by atoms with E-state index < -0.39 is 0 Å². The van der Waals surface area contributed by atoms with Gasteiger partial charge in [-0.25, -0.2) is 0 Å². The number of hydrogen-bond donors (Lipinski definition) is 0. The molecule has 102 valence electrons. The second-order valence-corrected chi connectivity index (χ2v) is 6.24. The number of ether oxygens (including phenoxy) is 1. The van der Waals surface area contributed by atoms with Gasteiger partial charge < -0.3 is 4.74 Å². The zero-order chi connectivity index (χ0) is 13.6. The van der Waals surface area contributed by atoms with Gasteiger partial charge in [-0.15, -0.1) is 11.8 Å². The predicted molar refractivity (Wildman–Crippen MR) is 86.1 cm³/mol. The molecular weight excluding hydrogens is 264 g/mol. The van der Waals surface area contributed by atoms with Gasteiger partial charge in [0.25, 0.3) is 0 Å². The van der Waals surface area contributed by atoms with Gasteiger partial charge in [0.2, 0.25) is 0 Å². The molecule has 0 aliphatic carbocycles. The molecule has 0 bridgehead atoms. The molecule has 3 rings (SSSR count). The first-order valence-electron chi connectivity index (χ1n) is 6.96. The van der Waals surface area contributed by atoms with Crippen molar-refractivity contribution in [1.82, 2.24) is 0 Å². The van der Waals surface area contributed by atoms with E-state index in [0.717, 1.165) is 13.0 Å². The Kier molecular flexibility index (Phi) is 4.57. The van der Waals surface area contributed by atoms with E-state index in [-0.39, 0.29) is 0 Å². The maximum absolute atomic E-state index is 5.76. The molecular formula is C18H18OS. The summed E-state index contributed by atoms with van der Waals surface area (Å²) < 4.78 is 5.76. The van der Waals surface area contributed by atoms with Crippen LogP contribution in [0, 0.1) is 0 Å². The summed E-state index contributed by atoms with van der Waals surface area (Å²) in [6, 6.07) is 19.0. The summed E-state index contributed by atoms with van der Waals surface area (Å²) in [5.41, 5.74) is 2.68. The van der Waals surface area contributed by atoms with E-state index in [0.29, 0.717) is 11.9 Å². The molecule has 1 unspecified atom stereocenters. The van der Waals surface area contributed by atoms with Crippen LogP contribution in [0.1, 0.15) is 11.1 Å². The highest BCUT2D eigenvalue weighted by molar-refractivity contribution is 8.00. The highest BCUT2D eigenvalue weighted by Gasteiger charge is 2.21. The van der Waals surface area contributed by atoms with E-state index in [1.807, 2.05) is 30.0 Å². The van der Waals surface area contributed by atoms with Gasteiger partial charge in [-0.3, -0.25) is 0 Å². The largest absolute Gasteiger partial charge is 0.376 e. The van der Waals surface area contributed by atoms with Crippen LogP contribution in [-0.4, -0.2) is 18.5 Å². The lowest BCUT2D eigenvalue weighted by atomic mass is 10.1. The summed E-state index contributed by atoms with van der Waals surface area (Å²) >= 11 is 1.94. The highest BCUT2D eigenvalue weighted by Crippen LogP contribution is 2.36. The van der Waals surface area contributed by atoms with E-state index >= 15 is 0 Å². The quantitative estimate of drug-likeness (QED) is 0.750. The van der Waals surface area contributed by atoms with Crippen LogP contribution in [0.4, 0.5) is 0 Å². The number of hydrogen-bond acceptors (Lipinski definition) is 2. The zero-order valence-electron chi connectivity index (χ0n) is 11.4. The summed E-state index contributed by atoms with van der Waals surface area (Å²) in [5.74, 6) is 0. The Labute approximate surface area is 124 Å². The molecule has 0 amide bonds. The zero-order valence-corrected chi connectivity index (χ0v) is 12.2. The Balaban J connectivity index is 1.41. The SMILES string of the molecule is C(=Cc1ccccc1)COCC1Cc2ccccc2S1. The van der Waals surface area contributed by atoms with Crippen LogP contribution in [0.5, 0.6) is 0 Å². The van der Waals surface area contributed by atoms with Crippen LogP contribution < -0.4 is 0 Å². The summed E-state index contributed by atoms with van der Waals surface area (Å²) in [6.07, 6.45) is 5.32. The third-order valence-corrected chi connectivity index (χ3v) is 4.63. The van der Waals surface area contributed by atoms with Gasteiger partial charge in [0, 0.05) is 10.1 Å². The molecule has 2 heteroatoms. The first-order chi connectivity index (χ1) is 9.92. The topological polar surface area (TPSA) is 9.23 Å². The lowest BCUT2D eigenvalue weighted by Crippen LogP contribution is -2.10. The minimum atomic E-state index is 0.567. The number of benzene rings is 2. The van der Waals surface area contributed by atoms with Crippen molar-refractivity contribution in [2.24, 2.45) is 0 Å². The van der Waals surface area contributed by atoms with Gasteiger partial charge in [0.05, 0.1) is 13.2 Å². The molecule has 0 saturated carbocycles. The average molecular weight is 282 g/mol. The van der Waals surface area contributed by atoms with Gasteiger partial charge in [-0.05, 0) is 23.6 Å². The minimum Gasteiger partial charge on any atom is -0.376 e. The minimum absolute atomic E-state index is 0.567. The fraction of sp³-hybridized carbons (Fsp3) is 0.222. The van der Waals surface area contributed by atoms with Gasteiger partial charge in [-0.1, -0.05) is 60.7 Å². The summed E-state index contributed by atoms with van der Waals surface area (Å²) in [7, 11) is 0. The lowest BCUT2D eigenvalue weighted by molar-refractivity contribution is 0.164. The van der Waals surface area contributed by atoms with Crippen LogP contribution >= 0.6 is 11.8 Å². The van der Waals surface area contributed by atoms with E-state index in [9.17, 15) is 0 Å². The van der Waals surface area contributed by atoms with Gasteiger partial charge >= 0.3 is 0 Å². The molecule has 0 radical (unpaired) electrons. The Morgan fingerprint density at radius 3 is 2.70 bits per heavy atom.